The van der Waals surface area contributed by atoms with Crippen LogP contribution in [0.3, 0.4) is 0 Å². The molecule has 0 radical (unpaired) electrons. The Morgan fingerprint density at radius 1 is 1.75 bits per heavy atom. The number of hydrogen-bond acceptors (Lipinski definition) is 2. The summed E-state index contributed by atoms with van der Waals surface area (Å²) < 4.78 is 0. The molecule has 1 unspecified atom stereocenters. The van der Waals surface area contributed by atoms with Crippen molar-refractivity contribution in [3.8, 4) is 0 Å². The van der Waals surface area contributed by atoms with E-state index in [1.54, 1.807) is 25.2 Å². The summed E-state index contributed by atoms with van der Waals surface area (Å²) in [6.45, 7) is 5.15. The maximum absolute atomic E-state index is 9.68. The summed E-state index contributed by atoms with van der Waals surface area (Å²) in [7, 11) is 0. The predicted octanol–water partition coefficient (Wildman–Crippen LogP) is 1.88. The van der Waals surface area contributed by atoms with Crippen LogP contribution in [0.1, 0.15) is 6.92 Å². The molecule has 0 aliphatic carbocycles. The first kappa shape index (κ1) is 7.08. The molecule has 1 atom stereocenters. The predicted molar refractivity (Wildman–Crippen MR) is 34.6 cm³/mol. The molecule has 2 nitrogen and oxygen atoms in total. The Morgan fingerprint density at radius 2 is 2.38 bits per heavy atom. The molecule has 0 heterocycles. The van der Waals surface area contributed by atoms with E-state index in [0.717, 1.165) is 0 Å². The molecule has 8 heavy (non-hydrogen) atoms. The Kier molecular flexibility index (Phi) is 3.76. The maximum Gasteiger partial charge on any atom is 0.107 e. The smallest absolute Gasteiger partial charge is 0.107 e. The van der Waals surface area contributed by atoms with Crippen LogP contribution in [0.4, 0.5) is 0 Å². The first-order valence-corrected chi connectivity index (χ1v) is 2.43. The van der Waals surface area contributed by atoms with Crippen molar-refractivity contribution < 1.29 is 0 Å². The summed E-state index contributed by atoms with van der Waals surface area (Å²) in [4.78, 5) is 9.68. The molecule has 0 aliphatic heterocycles. The van der Waals surface area contributed by atoms with E-state index in [1.165, 1.54) is 0 Å². The highest BCUT2D eigenvalue weighted by atomic mass is 16.3. The second kappa shape index (κ2) is 4.24. The molecule has 0 saturated carbocycles. The zero-order valence-electron chi connectivity index (χ0n) is 4.87. The van der Waals surface area contributed by atoms with E-state index >= 15 is 0 Å². The largest absolute Gasteiger partial charge is 0.150 e. The number of hydrogen-bond donors (Lipinski definition) is 0. The van der Waals surface area contributed by atoms with Crippen molar-refractivity contribution in [2.24, 2.45) is 5.18 Å². The Balaban J connectivity index is 3.50. The van der Waals surface area contributed by atoms with E-state index in [1.807, 2.05) is 0 Å². The third-order valence-electron chi connectivity index (χ3n) is 0.692. The number of rotatable bonds is 3. The average molecular weight is 111 g/mol. The molecule has 0 spiro atoms. The molecule has 0 aromatic carbocycles. The van der Waals surface area contributed by atoms with Gasteiger partial charge in [0.1, 0.15) is 6.04 Å². The number of nitroso groups, excluding NO2 is 1. The highest BCUT2D eigenvalue weighted by Gasteiger charge is 1.87. The topological polar surface area (TPSA) is 29.4 Å². The van der Waals surface area contributed by atoms with Gasteiger partial charge in [0.05, 0.1) is 0 Å². The van der Waals surface area contributed by atoms with Crippen molar-refractivity contribution in [3.63, 3.8) is 0 Å². The Morgan fingerprint density at radius 3 is 2.75 bits per heavy atom. The minimum absolute atomic E-state index is 0.229. The van der Waals surface area contributed by atoms with Gasteiger partial charge in [0, 0.05) is 0 Å². The fraction of sp³-hybridized carbons (Fsp3) is 0.333. The normalized spacial score (nSPS) is 13.6. The van der Waals surface area contributed by atoms with Crippen LogP contribution in [0.15, 0.2) is 30.0 Å². The molecule has 0 amide bonds. The minimum Gasteiger partial charge on any atom is -0.150 e. The van der Waals surface area contributed by atoms with Crippen LogP contribution in [-0.4, -0.2) is 6.04 Å². The quantitative estimate of drug-likeness (QED) is 0.404. The summed E-state index contributed by atoms with van der Waals surface area (Å²) >= 11 is 0. The molecule has 0 N–H and O–H groups in total. The highest BCUT2D eigenvalue weighted by Crippen LogP contribution is 1.88. The van der Waals surface area contributed by atoms with Crippen molar-refractivity contribution in [3.05, 3.63) is 29.7 Å². The molecule has 0 aromatic heterocycles. The lowest BCUT2D eigenvalue weighted by atomic mass is 10.3. The molecular weight excluding hydrogens is 102 g/mol. The summed E-state index contributed by atoms with van der Waals surface area (Å²) in [6.07, 6.45) is 4.99. The van der Waals surface area contributed by atoms with E-state index in [2.05, 4.69) is 11.8 Å². The standard InChI is InChI=1S/C6H9NO/c1-3-4-5-6(2)7-8/h3-6H,1H2,2H3/b5-4+. The maximum atomic E-state index is 9.68. The Labute approximate surface area is 48.9 Å². The van der Waals surface area contributed by atoms with Gasteiger partial charge in [-0.25, -0.2) is 0 Å². The van der Waals surface area contributed by atoms with E-state index in [0.29, 0.717) is 0 Å². The molecule has 44 valence electrons. The fourth-order valence-corrected chi connectivity index (χ4v) is 0.275. The van der Waals surface area contributed by atoms with Crippen LogP contribution in [-0.2, 0) is 0 Å². The summed E-state index contributed by atoms with van der Waals surface area (Å²) in [6, 6.07) is -0.229. The third-order valence-corrected chi connectivity index (χ3v) is 0.692. The molecule has 0 aromatic rings. The van der Waals surface area contributed by atoms with Gasteiger partial charge in [-0.2, -0.15) is 4.91 Å². The van der Waals surface area contributed by atoms with Gasteiger partial charge >= 0.3 is 0 Å². The van der Waals surface area contributed by atoms with Crippen LogP contribution in [0.5, 0.6) is 0 Å². The summed E-state index contributed by atoms with van der Waals surface area (Å²) in [5.74, 6) is 0. The van der Waals surface area contributed by atoms with E-state index < -0.39 is 0 Å². The monoisotopic (exact) mass is 111 g/mol. The number of allylic oxidation sites excluding steroid dienone is 2. The molecule has 0 rings (SSSR count). The van der Waals surface area contributed by atoms with Crippen molar-refractivity contribution in [2.45, 2.75) is 13.0 Å². The Hall–Kier alpha value is -0.920. The Bertz CT molecular complexity index is 107. The van der Waals surface area contributed by atoms with Crippen LogP contribution < -0.4 is 0 Å². The molecule has 0 saturated heterocycles. The second-order valence-corrected chi connectivity index (χ2v) is 1.47. The molecular formula is C6H9NO. The summed E-state index contributed by atoms with van der Waals surface area (Å²) in [5, 5.41) is 2.74. The van der Waals surface area contributed by atoms with E-state index in [9.17, 15) is 4.91 Å². The molecule has 0 aliphatic rings. The highest BCUT2D eigenvalue weighted by molar-refractivity contribution is 5.01. The van der Waals surface area contributed by atoms with Crippen LogP contribution in [0.2, 0.25) is 0 Å². The van der Waals surface area contributed by atoms with Gasteiger partial charge in [0.25, 0.3) is 0 Å². The van der Waals surface area contributed by atoms with Crippen LogP contribution in [0.25, 0.3) is 0 Å². The van der Waals surface area contributed by atoms with Crippen LogP contribution >= 0.6 is 0 Å². The van der Waals surface area contributed by atoms with Gasteiger partial charge in [-0.15, -0.1) is 0 Å². The lowest BCUT2D eigenvalue weighted by Crippen LogP contribution is -1.86. The van der Waals surface area contributed by atoms with Gasteiger partial charge in [-0.1, -0.05) is 30.0 Å². The van der Waals surface area contributed by atoms with Crippen molar-refractivity contribution in [1.29, 1.82) is 0 Å². The van der Waals surface area contributed by atoms with Gasteiger partial charge < -0.3 is 0 Å². The fourth-order valence-electron chi connectivity index (χ4n) is 0.275. The first-order valence-electron chi connectivity index (χ1n) is 2.43. The zero-order valence-corrected chi connectivity index (χ0v) is 4.87. The zero-order chi connectivity index (χ0) is 6.41. The van der Waals surface area contributed by atoms with Crippen molar-refractivity contribution in [2.75, 3.05) is 0 Å². The average Bonchev–Trinajstić information content (AvgIpc) is 1.83. The van der Waals surface area contributed by atoms with Crippen LogP contribution in [0, 0.1) is 4.91 Å². The lowest BCUT2D eigenvalue weighted by Gasteiger charge is -1.85. The minimum atomic E-state index is -0.229. The third kappa shape index (κ3) is 3.28. The second-order valence-electron chi connectivity index (χ2n) is 1.47. The van der Waals surface area contributed by atoms with E-state index in [4.69, 9.17) is 0 Å². The summed E-state index contributed by atoms with van der Waals surface area (Å²) in [5.41, 5.74) is 0. The van der Waals surface area contributed by atoms with Gasteiger partial charge in [-0.3, -0.25) is 0 Å². The SMILES string of the molecule is C=C/C=C/C(C)N=O. The van der Waals surface area contributed by atoms with Gasteiger partial charge in [-0.05, 0) is 6.92 Å². The van der Waals surface area contributed by atoms with Gasteiger partial charge in [0.15, 0.2) is 0 Å². The van der Waals surface area contributed by atoms with E-state index in [-0.39, 0.29) is 6.04 Å². The molecule has 0 bridgehead atoms. The number of nitrogens with zero attached hydrogens (tertiary/aromatic N) is 1. The van der Waals surface area contributed by atoms with Gasteiger partial charge in [0.2, 0.25) is 0 Å². The molecule has 0 fully saturated rings. The first-order chi connectivity index (χ1) is 3.81. The van der Waals surface area contributed by atoms with Crippen molar-refractivity contribution in [1.82, 2.24) is 0 Å². The van der Waals surface area contributed by atoms with Crippen molar-refractivity contribution >= 4 is 0 Å². The lowest BCUT2D eigenvalue weighted by molar-refractivity contribution is 0.916. The molecule has 2 heteroatoms.